The van der Waals surface area contributed by atoms with E-state index in [4.69, 9.17) is 0 Å². The molecule has 0 atom stereocenters. The van der Waals surface area contributed by atoms with Gasteiger partial charge in [0.05, 0.1) is 0 Å². The summed E-state index contributed by atoms with van der Waals surface area (Å²) < 4.78 is 0. The maximum absolute atomic E-state index is 2.66. The Morgan fingerprint density at radius 3 is 1.06 bits per heavy atom. The lowest BCUT2D eigenvalue weighted by molar-refractivity contribution is 0.561. The minimum Gasteiger partial charge on any atom is -0.0840 e. The van der Waals surface area contributed by atoms with Crippen molar-refractivity contribution in [1.82, 2.24) is 0 Å². The molecule has 0 amide bonds. The fraction of sp³-hybridized carbons (Fsp3) is 0.933. The molecule has 0 aliphatic rings. The molecule has 0 N–H and O–H groups in total. The summed E-state index contributed by atoms with van der Waals surface area (Å²) in [6.07, 6.45) is 38.8. The fourth-order valence-electron chi connectivity index (χ4n) is 4.41. The molecule has 0 radical (unpaired) electrons. The third-order valence-corrected chi connectivity index (χ3v) is 9.05. The Kier molecular flexibility index (Phi) is 28.4. The molecule has 0 aliphatic carbocycles. The van der Waals surface area contributed by atoms with E-state index in [1.165, 1.54) is 160 Å². The fourth-order valence-corrected chi connectivity index (χ4v) is 6.64. The topological polar surface area (TPSA) is 0 Å². The first-order chi connectivity index (χ1) is 15.3. The van der Waals surface area contributed by atoms with Crippen molar-refractivity contribution < 1.29 is 0 Å². The van der Waals surface area contributed by atoms with E-state index in [1.54, 1.807) is 0 Å². The number of hydrogen-bond donors (Lipinski definition) is 0. The molecule has 31 heavy (non-hydrogen) atoms. The highest BCUT2D eigenvalue weighted by atomic mass is 31.1. The van der Waals surface area contributed by atoms with Crippen LogP contribution in [0.1, 0.15) is 168 Å². The van der Waals surface area contributed by atoms with Crippen molar-refractivity contribution in [3.05, 3.63) is 11.9 Å². The van der Waals surface area contributed by atoms with Crippen LogP contribution < -0.4 is 0 Å². The van der Waals surface area contributed by atoms with Gasteiger partial charge in [-0.15, -0.1) is 0 Å². The summed E-state index contributed by atoms with van der Waals surface area (Å²) in [4.78, 5) is 0. The van der Waals surface area contributed by atoms with Crippen LogP contribution in [0.15, 0.2) is 11.9 Å². The summed E-state index contributed by atoms with van der Waals surface area (Å²) in [6, 6.07) is 0. The van der Waals surface area contributed by atoms with Crippen LogP contribution in [0.25, 0.3) is 0 Å². The van der Waals surface area contributed by atoms with Crippen molar-refractivity contribution >= 4 is 7.92 Å². The van der Waals surface area contributed by atoms with Crippen LogP contribution in [-0.2, 0) is 0 Å². The van der Waals surface area contributed by atoms with Crippen LogP contribution in [0.2, 0.25) is 0 Å². The zero-order chi connectivity index (χ0) is 22.7. The molecule has 0 aliphatic heterocycles. The van der Waals surface area contributed by atoms with E-state index < -0.39 is 0 Å². The number of unbranched alkanes of at least 4 members (excludes halogenated alkanes) is 20. The van der Waals surface area contributed by atoms with Crippen LogP contribution in [0.3, 0.4) is 0 Å². The number of hydrogen-bond acceptors (Lipinski definition) is 0. The van der Waals surface area contributed by atoms with Crippen LogP contribution >= 0.6 is 7.92 Å². The quantitative estimate of drug-likeness (QED) is 0.0903. The standard InChI is InChI=1S/C30H61P/c1-4-7-10-13-15-17-19-21-23-26-29-31(28-25-12-9-6-3)30-27-24-22-20-18-16-14-11-8-5-2/h25,28H,4-24,26-27,29-30H2,1-3H3. The molecule has 0 rings (SSSR count). The Balaban J connectivity index is 3.74. The Hall–Kier alpha value is 0.170. The normalized spacial score (nSPS) is 11.9. The molecule has 0 heterocycles. The maximum Gasteiger partial charge on any atom is -0.0291 e. The van der Waals surface area contributed by atoms with Gasteiger partial charge in [-0.2, -0.15) is 0 Å². The smallest absolute Gasteiger partial charge is 0.0291 e. The van der Waals surface area contributed by atoms with Gasteiger partial charge in [-0.05, 0) is 31.6 Å². The lowest BCUT2D eigenvalue weighted by atomic mass is 10.1. The van der Waals surface area contributed by atoms with Gasteiger partial charge in [-0.3, -0.25) is 0 Å². The first-order valence-corrected chi connectivity index (χ1v) is 16.5. The molecule has 186 valence electrons. The minimum atomic E-state index is 0.173. The summed E-state index contributed by atoms with van der Waals surface area (Å²) in [7, 11) is 0.173. The predicted octanol–water partition coefficient (Wildman–Crippen LogP) is 12.0. The highest BCUT2D eigenvalue weighted by Crippen LogP contribution is 2.40. The van der Waals surface area contributed by atoms with Crippen LogP contribution in [-0.4, -0.2) is 12.3 Å². The summed E-state index contributed by atoms with van der Waals surface area (Å²) in [6.45, 7) is 6.93. The van der Waals surface area contributed by atoms with Crippen molar-refractivity contribution in [2.75, 3.05) is 12.3 Å². The third-order valence-electron chi connectivity index (χ3n) is 6.64. The van der Waals surface area contributed by atoms with E-state index in [9.17, 15) is 0 Å². The van der Waals surface area contributed by atoms with Gasteiger partial charge in [0.2, 0.25) is 0 Å². The van der Waals surface area contributed by atoms with E-state index in [2.05, 4.69) is 32.7 Å². The Labute approximate surface area is 200 Å². The predicted molar refractivity (Wildman–Crippen MR) is 149 cm³/mol. The molecule has 0 aromatic carbocycles. The van der Waals surface area contributed by atoms with Gasteiger partial charge < -0.3 is 0 Å². The second-order valence-corrected chi connectivity index (χ2v) is 12.3. The molecule has 0 spiro atoms. The molecule has 0 unspecified atom stereocenters. The third kappa shape index (κ3) is 26.3. The molecule has 0 nitrogen and oxygen atoms in total. The van der Waals surface area contributed by atoms with Crippen LogP contribution in [0, 0.1) is 0 Å². The summed E-state index contributed by atoms with van der Waals surface area (Å²) in [5, 5.41) is 0. The lowest BCUT2D eigenvalue weighted by Gasteiger charge is -2.14. The van der Waals surface area contributed by atoms with E-state index in [1.807, 2.05) is 0 Å². The largest absolute Gasteiger partial charge is 0.0840 e. The van der Waals surface area contributed by atoms with E-state index in [-0.39, 0.29) is 7.92 Å². The molecule has 0 saturated carbocycles. The molecule has 0 aromatic heterocycles. The molecular formula is C30H61P. The maximum atomic E-state index is 2.66. The Bertz CT molecular complexity index is 311. The first-order valence-electron chi connectivity index (χ1n) is 14.8. The molecule has 0 bridgehead atoms. The van der Waals surface area contributed by atoms with E-state index >= 15 is 0 Å². The highest BCUT2D eigenvalue weighted by Gasteiger charge is 2.04. The van der Waals surface area contributed by atoms with E-state index in [0.717, 1.165) is 0 Å². The minimum absolute atomic E-state index is 0.173. The molecule has 0 saturated heterocycles. The lowest BCUT2D eigenvalue weighted by Crippen LogP contribution is -1.91. The zero-order valence-electron chi connectivity index (χ0n) is 22.3. The highest BCUT2D eigenvalue weighted by molar-refractivity contribution is 7.60. The SMILES string of the molecule is CCCCC=CP(CCCCCCCCCCCC)CCCCCCCCCCCC. The van der Waals surface area contributed by atoms with Crippen LogP contribution in [0.5, 0.6) is 0 Å². The Morgan fingerprint density at radius 1 is 0.387 bits per heavy atom. The monoisotopic (exact) mass is 452 g/mol. The summed E-state index contributed by atoms with van der Waals surface area (Å²) in [5.74, 6) is 2.66. The second kappa shape index (κ2) is 28.2. The van der Waals surface area contributed by atoms with E-state index in [0.29, 0.717) is 0 Å². The van der Waals surface area contributed by atoms with Gasteiger partial charge >= 0.3 is 0 Å². The number of rotatable bonds is 26. The number of allylic oxidation sites excluding steroid dienone is 1. The van der Waals surface area contributed by atoms with Gasteiger partial charge in [0.15, 0.2) is 0 Å². The summed E-state index contributed by atoms with van der Waals surface area (Å²) in [5.41, 5.74) is 0. The summed E-state index contributed by atoms with van der Waals surface area (Å²) >= 11 is 0. The molecule has 0 aromatic rings. The molecular weight excluding hydrogens is 391 g/mol. The molecule has 0 fully saturated rings. The van der Waals surface area contributed by atoms with Gasteiger partial charge in [0, 0.05) is 0 Å². The average molecular weight is 453 g/mol. The van der Waals surface area contributed by atoms with Gasteiger partial charge in [0.1, 0.15) is 0 Å². The average Bonchev–Trinajstić information content (AvgIpc) is 2.78. The Morgan fingerprint density at radius 2 is 0.710 bits per heavy atom. The van der Waals surface area contributed by atoms with Crippen LogP contribution in [0.4, 0.5) is 0 Å². The van der Waals surface area contributed by atoms with Crippen molar-refractivity contribution in [2.45, 2.75) is 168 Å². The van der Waals surface area contributed by atoms with Gasteiger partial charge in [-0.1, -0.05) is 169 Å². The second-order valence-electron chi connectivity index (χ2n) is 9.93. The van der Waals surface area contributed by atoms with Crippen molar-refractivity contribution in [1.29, 1.82) is 0 Å². The zero-order valence-corrected chi connectivity index (χ0v) is 23.2. The molecule has 1 heteroatoms. The van der Waals surface area contributed by atoms with Gasteiger partial charge in [-0.25, -0.2) is 0 Å². The first kappa shape index (κ1) is 31.2. The van der Waals surface area contributed by atoms with Gasteiger partial charge in [0.25, 0.3) is 0 Å². The van der Waals surface area contributed by atoms with Crippen molar-refractivity contribution in [3.8, 4) is 0 Å². The van der Waals surface area contributed by atoms with Crippen molar-refractivity contribution in [2.24, 2.45) is 0 Å². The van der Waals surface area contributed by atoms with Crippen molar-refractivity contribution in [3.63, 3.8) is 0 Å².